The number of carbonyl (C=O) groups excluding carboxylic acids is 1. The van der Waals surface area contributed by atoms with Crippen molar-refractivity contribution in [1.29, 1.82) is 0 Å². The lowest BCUT2D eigenvalue weighted by molar-refractivity contribution is 0.102. The van der Waals surface area contributed by atoms with Crippen molar-refractivity contribution in [2.45, 2.75) is 32.6 Å². The average molecular weight is 409 g/mol. The van der Waals surface area contributed by atoms with Gasteiger partial charge in [-0.3, -0.25) is 9.52 Å². The van der Waals surface area contributed by atoms with Crippen molar-refractivity contribution < 1.29 is 13.2 Å². The Balaban J connectivity index is 1.79. The van der Waals surface area contributed by atoms with Crippen molar-refractivity contribution in [1.82, 2.24) is 0 Å². The van der Waals surface area contributed by atoms with Crippen molar-refractivity contribution >= 4 is 27.3 Å². The second kappa shape index (κ2) is 8.09. The van der Waals surface area contributed by atoms with Crippen molar-refractivity contribution in [2.75, 3.05) is 10.0 Å². The fourth-order valence-electron chi connectivity index (χ4n) is 3.24. The molecule has 0 atom stereocenters. The van der Waals surface area contributed by atoms with Crippen LogP contribution in [0.15, 0.2) is 65.6 Å². The molecule has 3 rings (SSSR count). The molecule has 0 unspecified atom stereocenters. The maximum absolute atomic E-state index is 12.6. The summed E-state index contributed by atoms with van der Waals surface area (Å²) in [4.78, 5) is 12.7. The summed E-state index contributed by atoms with van der Waals surface area (Å²) in [5, 5.41) is 2.92. The topological polar surface area (TPSA) is 75.3 Å². The van der Waals surface area contributed by atoms with Gasteiger partial charge in [-0.2, -0.15) is 0 Å². The van der Waals surface area contributed by atoms with E-state index in [4.69, 9.17) is 0 Å². The van der Waals surface area contributed by atoms with Crippen LogP contribution in [0.1, 0.15) is 32.6 Å². The van der Waals surface area contributed by atoms with E-state index in [2.05, 4.69) is 10.0 Å². The Morgan fingerprint density at radius 1 is 0.793 bits per heavy atom. The molecule has 0 saturated carbocycles. The number of carbonyl (C=O) groups is 1. The van der Waals surface area contributed by atoms with Crippen LogP contribution < -0.4 is 10.0 Å². The molecule has 0 aliphatic rings. The van der Waals surface area contributed by atoms with Crippen molar-refractivity contribution in [2.24, 2.45) is 0 Å². The number of rotatable bonds is 5. The maximum atomic E-state index is 12.6. The minimum atomic E-state index is -3.74. The number of hydrogen-bond donors (Lipinski definition) is 2. The zero-order valence-corrected chi connectivity index (χ0v) is 17.7. The highest BCUT2D eigenvalue weighted by Crippen LogP contribution is 2.23. The van der Waals surface area contributed by atoms with E-state index in [1.807, 2.05) is 52.0 Å². The first-order valence-electron chi connectivity index (χ1n) is 9.25. The monoisotopic (exact) mass is 408 g/mol. The Morgan fingerprint density at radius 2 is 1.38 bits per heavy atom. The van der Waals surface area contributed by atoms with Crippen molar-refractivity contribution in [3.63, 3.8) is 0 Å². The molecule has 0 aliphatic heterocycles. The van der Waals surface area contributed by atoms with Gasteiger partial charge in [-0.05, 0) is 74.7 Å². The first-order chi connectivity index (χ1) is 13.7. The molecule has 2 N–H and O–H groups in total. The summed E-state index contributed by atoms with van der Waals surface area (Å²) in [6.07, 6.45) is 0. The Labute approximate surface area is 171 Å². The molecule has 1 amide bonds. The minimum Gasteiger partial charge on any atom is -0.322 e. The summed E-state index contributed by atoms with van der Waals surface area (Å²) in [5.41, 5.74) is 5.62. The summed E-state index contributed by atoms with van der Waals surface area (Å²) in [6.45, 7) is 7.74. The van der Waals surface area contributed by atoms with Gasteiger partial charge in [0.15, 0.2) is 0 Å². The van der Waals surface area contributed by atoms with E-state index in [-0.39, 0.29) is 10.8 Å². The van der Waals surface area contributed by atoms with Crippen LogP contribution in [0.3, 0.4) is 0 Å². The highest BCUT2D eigenvalue weighted by molar-refractivity contribution is 7.92. The number of benzene rings is 3. The van der Waals surface area contributed by atoms with Crippen molar-refractivity contribution in [3.05, 3.63) is 88.5 Å². The number of hydrogen-bond acceptors (Lipinski definition) is 3. The van der Waals surface area contributed by atoms with Crippen LogP contribution >= 0.6 is 0 Å². The molecule has 0 bridgehead atoms. The maximum Gasteiger partial charge on any atom is 0.261 e. The van der Waals surface area contributed by atoms with Gasteiger partial charge in [-0.15, -0.1) is 0 Å². The molecule has 0 aliphatic carbocycles. The zero-order chi connectivity index (χ0) is 21.2. The smallest absolute Gasteiger partial charge is 0.261 e. The Morgan fingerprint density at radius 3 is 1.97 bits per heavy atom. The fourth-order valence-corrected chi connectivity index (χ4v) is 4.37. The molecular formula is C23H24N2O3S. The summed E-state index contributed by atoms with van der Waals surface area (Å²) in [7, 11) is -3.74. The number of anilines is 2. The molecule has 29 heavy (non-hydrogen) atoms. The standard InChI is InChI=1S/C23H24N2O3S/c1-15-13-17(3)22(18(4)14-15)24-23(26)19-9-11-20(12-10-19)29(27,28)25-21-8-6-5-7-16(21)2/h5-14,25H,1-4H3,(H,24,26). The number of nitrogens with one attached hydrogen (secondary N) is 2. The predicted octanol–water partition coefficient (Wildman–Crippen LogP) is 4.97. The molecule has 0 saturated heterocycles. The molecule has 5 nitrogen and oxygen atoms in total. The number of para-hydroxylation sites is 1. The Hall–Kier alpha value is -3.12. The van der Waals surface area contributed by atoms with Gasteiger partial charge in [-0.25, -0.2) is 8.42 Å². The van der Waals surface area contributed by atoms with E-state index < -0.39 is 10.0 Å². The van der Waals surface area contributed by atoms with Crippen molar-refractivity contribution in [3.8, 4) is 0 Å². The first-order valence-corrected chi connectivity index (χ1v) is 10.7. The molecule has 0 spiro atoms. The van der Waals surface area contributed by atoms with Crippen LogP contribution in [0.2, 0.25) is 0 Å². The highest BCUT2D eigenvalue weighted by atomic mass is 32.2. The molecule has 3 aromatic rings. The SMILES string of the molecule is Cc1cc(C)c(NC(=O)c2ccc(S(=O)(=O)Nc3ccccc3C)cc2)c(C)c1. The lowest BCUT2D eigenvalue weighted by atomic mass is 10.0. The van der Waals surface area contributed by atoms with E-state index in [0.717, 1.165) is 27.9 Å². The quantitative estimate of drug-likeness (QED) is 0.626. The Kier molecular flexibility index (Phi) is 5.75. The number of aryl methyl sites for hydroxylation is 4. The fraction of sp³-hybridized carbons (Fsp3) is 0.174. The van der Waals surface area contributed by atoms with E-state index in [0.29, 0.717) is 11.3 Å². The van der Waals surface area contributed by atoms with Crippen LogP contribution in [0, 0.1) is 27.7 Å². The van der Waals surface area contributed by atoms with Gasteiger partial charge in [0.1, 0.15) is 0 Å². The Bertz CT molecular complexity index is 1140. The first kappa shape index (κ1) is 20.6. The third kappa shape index (κ3) is 4.66. The zero-order valence-electron chi connectivity index (χ0n) is 16.9. The largest absolute Gasteiger partial charge is 0.322 e. The van der Waals surface area contributed by atoms with Crippen LogP contribution in [0.5, 0.6) is 0 Å². The van der Waals surface area contributed by atoms with Gasteiger partial charge < -0.3 is 5.32 Å². The minimum absolute atomic E-state index is 0.0972. The van der Waals surface area contributed by atoms with Crippen LogP contribution in [0.4, 0.5) is 11.4 Å². The summed E-state index contributed by atoms with van der Waals surface area (Å²) in [6, 6.07) is 17.1. The molecule has 6 heteroatoms. The predicted molar refractivity (Wildman–Crippen MR) is 117 cm³/mol. The van der Waals surface area contributed by atoms with Gasteiger partial charge in [0, 0.05) is 11.3 Å². The normalized spacial score (nSPS) is 11.2. The van der Waals surface area contributed by atoms with E-state index in [1.54, 1.807) is 12.1 Å². The van der Waals surface area contributed by atoms with E-state index in [1.165, 1.54) is 24.3 Å². The summed E-state index contributed by atoms with van der Waals surface area (Å²) in [5.74, 6) is -0.282. The van der Waals surface area contributed by atoms with Gasteiger partial charge >= 0.3 is 0 Å². The van der Waals surface area contributed by atoms with E-state index >= 15 is 0 Å². The van der Waals surface area contributed by atoms with Crippen LogP contribution in [-0.4, -0.2) is 14.3 Å². The molecule has 0 heterocycles. The van der Waals surface area contributed by atoms with Gasteiger partial charge in [-0.1, -0.05) is 35.9 Å². The van der Waals surface area contributed by atoms with Gasteiger partial charge in [0.25, 0.3) is 15.9 Å². The molecule has 150 valence electrons. The summed E-state index contributed by atoms with van der Waals surface area (Å²) < 4.78 is 27.9. The molecule has 0 aromatic heterocycles. The van der Waals surface area contributed by atoms with E-state index in [9.17, 15) is 13.2 Å². The average Bonchev–Trinajstić information content (AvgIpc) is 2.66. The molecule has 0 fully saturated rings. The van der Waals surface area contributed by atoms with Gasteiger partial charge in [0.05, 0.1) is 10.6 Å². The highest BCUT2D eigenvalue weighted by Gasteiger charge is 2.17. The third-order valence-corrected chi connectivity index (χ3v) is 6.11. The van der Waals surface area contributed by atoms with Crippen LogP contribution in [-0.2, 0) is 10.0 Å². The number of sulfonamides is 1. The summed E-state index contributed by atoms with van der Waals surface area (Å²) >= 11 is 0. The second-order valence-corrected chi connectivity index (χ2v) is 8.86. The molecule has 0 radical (unpaired) electrons. The second-order valence-electron chi connectivity index (χ2n) is 7.17. The van der Waals surface area contributed by atoms with Gasteiger partial charge in [0.2, 0.25) is 0 Å². The lowest BCUT2D eigenvalue weighted by Gasteiger charge is -2.13. The number of amides is 1. The lowest BCUT2D eigenvalue weighted by Crippen LogP contribution is -2.16. The van der Waals surface area contributed by atoms with Crippen LogP contribution in [0.25, 0.3) is 0 Å². The molecule has 3 aromatic carbocycles. The third-order valence-electron chi connectivity index (χ3n) is 4.73. The molecular weight excluding hydrogens is 384 g/mol.